The van der Waals surface area contributed by atoms with Crippen LogP contribution < -0.4 is 9.46 Å². The molecule has 3 aromatic rings. The van der Waals surface area contributed by atoms with Crippen molar-refractivity contribution < 1.29 is 13.2 Å². The van der Waals surface area contributed by atoms with Gasteiger partial charge >= 0.3 is 0 Å². The molecule has 0 spiro atoms. The number of benzene rings is 2. The van der Waals surface area contributed by atoms with Crippen LogP contribution in [0.15, 0.2) is 48.5 Å². The molecule has 0 saturated carbocycles. The maximum Gasteiger partial charge on any atom is 0.236 e. The van der Waals surface area contributed by atoms with Crippen LogP contribution in [-0.4, -0.2) is 29.5 Å². The molecule has 8 heteroatoms. The van der Waals surface area contributed by atoms with Gasteiger partial charge in [-0.1, -0.05) is 24.3 Å². The number of anilines is 1. The molecule has 0 aliphatic rings. The van der Waals surface area contributed by atoms with Gasteiger partial charge in [-0.15, -0.1) is 0 Å². The largest absolute Gasteiger partial charge is 0.492 e. The van der Waals surface area contributed by atoms with Crippen LogP contribution >= 0.6 is 11.7 Å². The second kappa shape index (κ2) is 6.29. The molecule has 22 heavy (non-hydrogen) atoms. The van der Waals surface area contributed by atoms with E-state index in [2.05, 4.69) is 13.5 Å². The lowest BCUT2D eigenvalue weighted by Gasteiger charge is -2.09. The van der Waals surface area contributed by atoms with Gasteiger partial charge in [-0.2, -0.15) is 8.75 Å². The average molecular weight is 335 g/mol. The zero-order chi connectivity index (χ0) is 15.4. The van der Waals surface area contributed by atoms with Crippen LogP contribution in [0.1, 0.15) is 0 Å². The predicted octanol–water partition coefficient (Wildman–Crippen LogP) is 2.51. The lowest BCUT2D eigenvalue weighted by molar-refractivity contribution is 0.341. The van der Waals surface area contributed by atoms with Crippen molar-refractivity contribution in [3.05, 3.63) is 48.5 Å². The quantitative estimate of drug-likeness (QED) is 0.748. The van der Waals surface area contributed by atoms with Gasteiger partial charge in [0.15, 0.2) is 0 Å². The molecule has 1 N–H and O–H groups in total. The fourth-order valence-electron chi connectivity index (χ4n) is 1.89. The number of nitrogens with zero attached hydrogens (tertiary/aromatic N) is 2. The highest BCUT2D eigenvalue weighted by molar-refractivity contribution is 7.92. The Hall–Kier alpha value is -2.19. The summed E-state index contributed by atoms with van der Waals surface area (Å²) < 4.78 is 40.4. The number of fused-ring (bicyclic) bond motifs is 1. The van der Waals surface area contributed by atoms with Gasteiger partial charge in [0.2, 0.25) is 10.0 Å². The molecular formula is C14H13N3O3S2. The van der Waals surface area contributed by atoms with Crippen molar-refractivity contribution >= 4 is 38.5 Å². The Morgan fingerprint density at radius 2 is 1.86 bits per heavy atom. The van der Waals surface area contributed by atoms with E-state index in [-0.39, 0.29) is 12.4 Å². The predicted molar refractivity (Wildman–Crippen MR) is 86.8 cm³/mol. The first-order valence-electron chi connectivity index (χ1n) is 6.54. The summed E-state index contributed by atoms with van der Waals surface area (Å²) in [6, 6.07) is 14.3. The monoisotopic (exact) mass is 335 g/mol. The van der Waals surface area contributed by atoms with Gasteiger partial charge in [-0.3, -0.25) is 4.72 Å². The van der Waals surface area contributed by atoms with Crippen LogP contribution in [-0.2, 0) is 10.0 Å². The maximum absolute atomic E-state index is 12.1. The van der Waals surface area contributed by atoms with Crippen molar-refractivity contribution in [1.29, 1.82) is 0 Å². The Labute approximate surface area is 132 Å². The SMILES string of the molecule is O=S(=O)(CCOc1ccccc1)Nc1cccc2nsnc12. The molecule has 0 unspecified atom stereocenters. The minimum atomic E-state index is -3.51. The first-order valence-corrected chi connectivity index (χ1v) is 8.92. The summed E-state index contributed by atoms with van der Waals surface area (Å²) in [5, 5.41) is 0. The minimum Gasteiger partial charge on any atom is -0.492 e. The Morgan fingerprint density at radius 3 is 2.68 bits per heavy atom. The summed E-state index contributed by atoms with van der Waals surface area (Å²) in [5.74, 6) is 0.499. The summed E-state index contributed by atoms with van der Waals surface area (Å²) in [7, 11) is -3.51. The molecule has 0 atom stereocenters. The first-order chi connectivity index (χ1) is 10.6. The average Bonchev–Trinajstić information content (AvgIpc) is 2.97. The smallest absolute Gasteiger partial charge is 0.236 e. The number of hydrogen-bond donors (Lipinski definition) is 1. The van der Waals surface area contributed by atoms with Crippen LogP contribution in [0.4, 0.5) is 5.69 Å². The Balaban J connectivity index is 1.65. The maximum atomic E-state index is 12.1. The van der Waals surface area contributed by atoms with E-state index in [1.165, 1.54) is 0 Å². The molecule has 0 fully saturated rings. The van der Waals surface area contributed by atoms with Gasteiger partial charge in [0.05, 0.1) is 17.4 Å². The molecule has 0 saturated heterocycles. The summed E-state index contributed by atoms with van der Waals surface area (Å²) >= 11 is 1.05. The van der Waals surface area contributed by atoms with Crippen LogP contribution in [0.25, 0.3) is 11.0 Å². The van der Waals surface area contributed by atoms with Crippen molar-refractivity contribution in [2.24, 2.45) is 0 Å². The molecule has 1 aromatic heterocycles. The van der Waals surface area contributed by atoms with Gasteiger partial charge in [-0.05, 0) is 24.3 Å². The summed E-state index contributed by atoms with van der Waals surface area (Å²) in [6.07, 6.45) is 0. The van der Waals surface area contributed by atoms with Gasteiger partial charge in [0, 0.05) is 0 Å². The number of rotatable bonds is 6. The second-order valence-corrected chi connectivity index (χ2v) is 6.89. The van der Waals surface area contributed by atoms with E-state index in [1.807, 2.05) is 18.2 Å². The van der Waals surface area contributed by atoms with Crippen molar-refractivity contribution in [2.75, 3.05) is 17.1 Å². The van der Waals surface area contributed by atoms with Crippen molar-refractivity contribution in [2.45, 2.75) is 0 Å². The lowest BCUT2D eigenvalue weighted by Crippen LogP contribution is -2.21. The molecule has 0 radical (unpaired) electrons. The van der Waals surface area contributed by atoms with Crippen LogP contribution in [0, 0.1) is 0 Å². The third-order valence-corrected chi connectivity index (χ3v) is 4.69. The normalized spacial score (nSPS) is 11.5. The molecule has 0 aliphatic carbocycles. The molecule has 114 valence electrons. The van der Waals surface area contributed by atoms with E-state index in [0.717, 1.165) is 11.7 Å². The number of nitrogens with one attached hydrogen (secondary N) is 1. The van der Waals surface area contributed by atoms with Gasteiger partial charge in [0.25, 0.3) is 0 Å². The molecule has 0 bridgehead atoms. The Kier molecular flexibility index (Phi) is 4.21. The molecule has 0 amide bonds. The fraction of sp³-hybridized carbons (Fsp3) is 0.143. The Morgan fingerprint density at radius 1 is 1.05 bits per heavy atom. The molecule has 6 nitrogen and oxygen atoms in total. The molecule has 0 aliphatic heterocycles. The van der Waals surface area contributed by atoms with Crippen LogP contribution in [0.5, 0.6) is 5.75 Å². The van der Waals surface area contributed by atoms with Crippen molar-refractivity contribution in [1.82, 2.24) is 8.75 Å². The van der Waals surface area contributed by atoms with Crippen LogP contribution in [0.3, 0.4) is 0 Å². The van der Waals surface area contributed by atoms with E-state index >= 15 is 0 Å². The lowest BCUT2D eigenvalue weighted by atomic mass is 10.3. The molecule has 2 aromatic carbocycles. The number of aromatic nitrogens is 2. The summed E-state index contributed by atoms with van der Waals surface area (Å²) in [4.78, 5) is 0. The molecular weight excluding hydrogens is 322 g/mol. The van der Waals surface area contributed by atoms with Crippen molar-refractivity contribution in [3.63, 3.8) is 0 Å². The Bertz CT molecular complexity index is 863. The van der Waals surface area contributed by atoms with Crippen molar-refractivity contribution in [3.8, 4) is 5.75 Å². The second-order valence-electron chi connectivity index (χ2n) is 4.52. The minimum absolute atomic E-state index is 0.0740. The molecule has 1 heterocycles. The third kappa shape index (κ3) is 3.52. The highest BCUT2D eigenvalue weighted by atomic mass is 32.2. The first kappa shape index (κ1) is 14.7. The zero-order valence-corrected chi connectivity index (χ0v) is 13.1. The van der Waals surface area contributed by atoms with E-state index in [1.54, 1.807) is 30.3 Å². The van der Waals surface area contributed by atoms with Crippen LogP contribution in [0.2, 0.25) is 0 Å². The number of hydrogen-bond acceptors (Lipinski definition) is 6. The van der Waals surface area contributed by atoms with Gasteiger partial charge < -0.3 is 4.74 Å². The van der Waals surface area contributed by atoms with Gasteiger partial charge in [-0.25, -0.2) is 8.42 Å². The number of para-hydroxylation sites is 1. The number of sulfonamides is 1. The zero-order valence-electron chi connectivity index (χ0n) is 11.5. The highest BCUT2D eigenvalue weighted by Gasteiger charge is 2.14. The summed E-state index contributed by atoms with van der Waals surface area (Å²) in [5.41, 5.74) is 1.66. The van der Waals surface area contributed by atoms with E-state index in [4.69, 9.17) is 4.74 Å². The topological polar surface area (TPSA) is 81.2 Å². The van der Waals surface area contributed by atoms with E-state index < -0.39 is 10.0 Å². The number of ether oxygens (including phenoxy) is 1. The van der Waals surface area contributed by atoms with Gasteiger partial charge in [0.1, 0.15) is 29.1 Å². The van der Waals surface area contributed by atoms with E-state index in [9.17, 15) is 8.42 Å². The van der Waals surface area contributed by atoms with E-state index in [0.29, 0.717) is 22.5 Å². The highest BCUT2D eigenvalue weighted by Crippen LogP contribution is 2.22. The molecule has 3 rings (SSSR count). The standard InChI is InChI=1S/C14H13N3O3S2/c18-22(19,10-9-20-11-5-2-1-3-6-11)17-13-8-4-7-12-14(13)16-21-15-12/h1-8,17H,9-10H2. The summed E-state index contributed by atoms with van der Waals surface area (Å²) in [6.45, 7) is 0.0740. The fourth-order valence-corrected chi connectivity index (χ4v) is 3.35. The third-order valence-electron chi connectivity index (χ3n) is 2.92.